The Balaban J connectivity index is 2.51. The molecule has 1 atom stereocenters. The largest absolute Gasteiger partial charge is 0.394 e. The minimum atomic E-state index is 0.0971. The molecule has 65 valence electrons. The molecule has 0 aliphatic rings. The molecule has 0 aliphatic carbocycles. The van der Waals surface area contributed by atoms with Crippen LogP contribution in [-0.2, 0) is 0 Å². The zero-order valence-electron chi connectivity index (χ0n) is 7.12. The number of rotatable bonds is 4. The van der Waals surface area contributed by atoms with Gasteiger partial charge in [0, 0.05) is 12.3 Å². The van der Waals surface area contributed by atoms with Crippen LogP contribution in [0.5, 0.6) is 0 Å². The fraction of sp³-hybridized carbons (Fsp3) is 0.444. The quantitative estimate of drug-likeness (QED) is 0.701. The molecule has 2 N–H and O–H groups in total. The highest BCUT2D eigenvalue weighted by molar-refractivity contribution is 5.34. The molecule has 0 aromatic carbocycles. The van der Waals surface area contributed by atoms with Crippen LogP contribution in [0.25, 0.3) is 0 Å². The molecule has 0 amide bonds. The second-order valence-corrected chi connectivity index (χ2v) is 2.58. The van der Waals surface area contributed by atoms with E-state index in [-0.39, 0.29) is 12.6 Å². The van der Waals surface area contributed by atoms with Crippen molar-refractivity contribution in [3.8, 4) is 0 Å². The van der Waals surface area contributed by atoms with Gasteiger partial charge in [-0.3, -0.25) is 0 Å². The van der Waals surface area contributed by atoms with Crippen molar-refractivity contribution < 1.29 is 5.11 Å². The summed E-state index contributed by atoms with van der Waals surface area (Å²) in [6.45, 7) is 2.15. The lowest BCUT2D eigenvalue weighted by Crippen LogP contribution is -2.22. The topological polar surface area (TPSA) is 45.1 Å². The van der Waals surface area contributed by atoms with Crippen LogP contribution >= 0.6 is 0 Å². The minimum absolute atomic E-state index is 0.0971. The van der Waals surface area contributed by atoms with Crippen LogP contribution in [0.1, 0.15) is 13.3 Å². The zero-order chi connectivity index (χ0) is 8.81. The summed E-state index contributed by atoms with van der Waals surface area (Å²) in [5, 5.41) is 12.0. The molecule has 0 fully saturated rings. The normalized spacial score (nSPS) is 12.5. The van der Waals surface area contributed by atoms with Crippen LogP contribution < -0.4 is 5.32 Å². The molecule has 0 bridgehead atoms. The molecule has 3 heteroatoms. The molecule has 12 heavy (non-hydrogen) atoms. The van der Waals surface area contributed by atoms with Crippen LogP contribution in [0.2, 0.25) is 0 Å². The maximum Gasteiger partial charge on any atom is 0.126 e. The lowest BCUT2D eigenvalue weighted by Gasteiger charge is -2.13. The number of pyridine rings is 1. The van der Waals surface area contributed by atoms with Gasteiger partial charge in [0.15, 0.2) is 0 Å². The highest BCUT2D eigenvalue weighted by atomic mass is 16.3. The average Bonchev–Trinajstić information content (AvgIpc) is 2.16. The Hall–Kier alpha value is -1.09. The van der Waals surface area contributed by atoms with Gasteiger partial charge in [-0.2, -0.15) is 0 Å². The smallest absolute Gasteiger partial charge is 0.126 e. The van der Waals surface area contributed by atoms with Crippen LogP contribution in [0.4, 0.5) is 5.82 Å². The summed E-state index contributed by atoms with van der Waals surface area (Å²) in [4.78, 5) is 4.04. The molecule has 0 aliphatic heterocycles. The van der Waals surface area contributed by atoms with E-state index in [9.17, 15) is 0 Å². The molecule has 0 spiro atoms. The Kier molecular flexibility index (Phi) is 3.54. The van der Waals surface area contributed by atoms with E-state index < -0.39 is 0 Å². The predicted octanol–water partition coefficient (Wildman–Crippen LogP) is 1.06. The first-order valence-corrected chi connectivity index (χ1v) is 4.06. The summed E-state index contributed by atoms with van der Waals surface area (Å²) < 4.78 is 0. The molecule has 1 rings (SSSR count). The Morgan fingerprint density at radius 3 is 3.08 bits per heavy atom. The minimum Gasteiger partial charge on any atom is -0.394 e. The summed E-state index contributed by atoms with van der Waals surface area (Å²) in [5.41, 5.74) is 0. The summed E-state index contributed by atoms with van der Waals surface area (Å²) in [6, 6.07) is 6.55. The standard InChI is InChI=1S/C9H13N2O/c1-2-8(7-12)11-9-5-3-4-6-10-9/h3,5-6,8,12H,2,7H2,1H3,(H,10,11)/t8-/m0/s1. The molecule has 1 radical (unpaired) electrons. The van der Waals surface area contributed by atoms with Gasteiger partial charge >= 0.3 is 0 Å². The van der Waals surface area contributed by atoms with E-state index in [4.69, 9.17) is 5.11 Å². The van der Waals surface area contributed by atoms with Crippen molar-refractivity contribution in [3.05, 3.63) is 24.4 Å². The van der Waals surface area contributed by atoms with Crippen molar-refractivity contribution in [1.82, 2.24) is 4.98 Å². The van der Waals surface area contributed by atoms with Gasteiger partial charge in [0.1, 0.15) is 5.82 Å². The van der Waals surface area contributed by atoms with Gasteiger partial charge in [-0.15, -0.1) is 0 Å². The van der Waals surface area contributed by atoms with Gasteiger partial charge in [-0.05, 0) is 18.6 Å². The van der Waals surface area contributed by atoms with E-state index >= 15 is 0 Å². The Labute approximate surface area is 72.5 Å². The Morgan fingerprint density at radius 2 is 2.58 bits per heavy atom. The summed E-state index contributed by atoms with van der Waals surface area (Å²) in [7, 11) is 0. The van der Waals surface area contributed by atoms with E-state index in [0.29, 0.717) is 0 Å². The second-order valence-electron chi connectivity index (χ2n) is 2.58. The van der Waals surface area contributed by atoms with E-state index in [2.05, 4.69) is 16.4 Å². The van der Waals surface area contributed by atoms with E-state index in [1.165, 1.54) is 0 Å². The highest BCUT2D eigenvalue weighted by Crippen LogP contribution is 2.03. The average molecular weight is 165 g/mol. The van der Waals surface area contributed by atoms with Crippen LogP contribution in [0.15, 0.2) is 18.3 Å². The van der Waals surface area contributed by atoms with Gasteiger partial charge in [-0.1, -0.05) is 6.92 Å². The van der Waals surface area contributed by atoms with Crippen LogP contribution in [-0.4, -0.2) is 22.7 Å². The second kappa shape index (κ2) is 4.72. The van der Waals surface area contributed by atoms with E-state index in [1.54, 1.807) is 12.3 Å². The van der Waals surface area contributed by atoms with Crippen molar-refractivity contribution in [1.29, 1.82) is 0 Å². The highest BCUT2D eigenvalue weighted by Gasteiger charge is 2.02. The molecular formula is C9H13N2O. The van der Waals surface area contributed by atoms with Gasteiger partial charge in [0.2, 0.25) is 0 Å². The van der Waals surface area contributed by atoms with Gasteiger partial charge in [0.25, 0.3) is 0 Å². The maximum absolute atomic E-state index is 8.89. The monoisotopic (exact) mass is 165 g/mol. The molecule has 1 heterocycles. The third-order valence-corrected chi connectivity index (χ3v) is 1.68. The lowest BCUT2D eigenvalue weighted by atomic mass is 10.2. The zero-order valence-corrected chi connectivity index (χ0v) is 7.12. The van der Waals surface area contributed by atoms with Crippen molar-refractivity contribution in [2.75, 3.05) is 11.9 Å². The van der Waals surface area contributed by atoms with Crippen molar-refractivity contribution >= 4 is 5.82 Å². The molecular weight excluding hydrogens is 152 g/mol. The van der Waals surface area contributed by atoms with Crippen LogP contribution in [0, 0.1) is 6.07 Å². The fourth-order valence-electron chi connectivity index (χ4n) is 0.891. The number of hydrogen-bond donors (Lipinski definition) is 2. The van der Waals surface area contributed by atoms with Crippen LogP contribution in [0.3, 0.4) is 0 Å². The fourth-order valence-corrected chi connectivity index (χ4v) is 0.891. The molecule has 3 nitrogen and oxygen atoms in total. The molecule has 1 aromatic rings. The predicted molar refractivity (Wildman–Crippen MR) is 47.9 cm³/mol. The maximum atomic E-state index is 8.89. The van der Waals surface area contributed by atoms with Gasteiger partial charge in [0.05, 0.1) is 12.6 Å². The number of hydrogen-bond acceptors (Lipinski definition) is 3. The van der Waals surface area contributed by atoms with E-state index in [1.807, 2.05) is 13.0 Å². The van der Waals surface area contributed by atoms with Crippen molar-refractivity contribution in [2.24, 2.45) is 0 Å². The third kappa shape index (κ3) is 2.51. The number of aliphatic hydroxyl groups is 1. The first-order chi connectivity index (χ1) is 5.86. The number of aromatic nitrogens is 1. The summed E-state index contributed by atoms with van der Waals surface area (Å²) >= 11 is 0. The van der Waals surface area contributed by atoms with Crippen molar-refractivity contribution in [2.45, 2.75) is 19.4 Å². The lowest BCUT2D eigenvalue weighted by molar-refractivity contribution is 0.271. The van der Waals surface area contributed by atoms with E-state index in [0.717, 1.165) is 12.2 Å². The van der Waals surface area contributed by atoms with Crippen molar-refractivity contribution in [3.63, 3.8) is 0 Å². The number of nitrogens with zero attached hydrogens (tertiary/aromatic N) is 1. The molecule has 0 unspecified atom stereocenters. The Bertz CT molecular complexity index is 209. The number of nitrogens with one attached hydrogen (secondary N) is 1. The number of anilines is 1. The van der Waals surface area contributed by atoms with Gasteiger partial charge < -0.3 is 10.4 Å². The summed E-state index contributed by atoms with van der Waals surface area (Å²) in [5.74, 6) is 0.787. The SMILES string of the molecule is CC[C@@H](CO)Nc1cc[c]cn1. The Morgan fingerprint density at radius 1 is 1.75 bits per heavy atom. The molecule has 0 saturated heterocycles. The third-order valence-electron chi connectivity index (χ3n) is 1.68. The first-order valence-electron chi connectivity index (χ1n) is 4.06. The van der Waals surface area contributed by atoms with Gasteiger partial charge in [-0.25, -0.2) is 4.98 Å². The molecule has 0 saturated carbocycles. The first kappa shape index (κ1) is 9.00. The molecule has 1 aromatic heterocycles. The summed E-state index contributed by atoms with van der Waals surface area (Å²) in [6.07, 6.45) is 2.49. The number of aliphatic hydroxyl groups excluding tert-OH is 1.